The van der Waals surface area contributed by atoms with Crippen LogP contribution in [0.2, 0.25) is 0 Å². The standard InChI is InChI=1S/C30H36N2O7/c1-37-20-10-11-24(38-2)19(16-20)12-14-32(30(36)18-6-5-7-18)23-17-22(29(35)31-13-15-33)26-21-8-3-4-9-25(21)39-28(26)27(23)34/h3-4,8-11,16-18,23,26-28,33-34H,5-7,12-15H2,1-2H3,(H,31,35). The van der Waals surface area contributed by atoms with Crippen molar-refractivity contribution in [2.24, 2.45) is 5.92 Å². The summed E-state index contributed by atoms with van der Waals surface area (Å²) in [7, 11) is 3.20. The van der Waals surface area contributed by atoms with E-state index in [2.05, 4.69) is 5.32 Å². The van der Waals surface area contributed by atoms with Crippen molar-refractivity contribution >= 4 is 11.8 Å². The van der Waals surface area contributed by atoms with E-state index in [0.29, 0.717) is 35.8 Å². The summed E-state index contributed by atoms with van der Waals surface area (Å²) in [6.45, 7) is 0.220. The molecule has 4 atom stereocenters. The zero-order valence-corrected chi connectivity index (χ0v) is 22.3. The first-order valence-corrected chi connectivity index (χ1v) is 13.5. The first-order chi connectivity index (χ1) is 19.0. The molecule has 39 heavy (non-hydrogen) atoms. The molecule has 0 spiro atoms. The monoisotopic (exact) mass is 536 g/mol. The van der Waals surface area contributed by atoms with Gasteiger partial charge in [0.1, 0.15) is 29.5 Å². The molecule has 1 saturated carbocycles. The molecule has 3 aliphatic rings. The number of carbonyl (C=O) groups excluding carboxylic acids is 2. The van der Waals surface area contributed by atoms with Crippen LogP contribution in [0.1, 0.15) is 36.3 Å². The Bertz CT molecular complexity index is 1240. The summed E-state index contributed by atoms with van der Waals surface area (Å²) in [5.74, 6) is 1.02. The second kappa shape index (κ2) is 11.7. The Hall–Kier alpha value is -3.56. The molecule has 4 unspecified atom stereocenters. The SMILES string of the molecule is COc1ccc(OC)c(CCN(C(=O)C2CCC2)C2C=C(C(=O)NCCO)C3c4ccccc4OC3C2O)c1. The number of benzene rings is 2. The number of nitrogens with one attached hydrogen (secondary N) is 1. The van der Waals surface area contributed by atoms with E-state index in [4.69, 9.17) is 14.2 Å². The van der Waals surface area contributed by atoms with Gasteiger partial charge in [0.05, 0.1) is 32.8 Å². The van der Waals surface area contributed by atoms with E-state index in [9.17, 15) is 19.8 Å². The molecule has 0 aromatic heterocycles. The number of amides is 2. The Kier molecular flexibility index (Phi) is 8.09. The molecule has 2 aromatic rings. The third-order valence-corrected chi connectivity index (χ3v) is 8.08. The number of rotatable bonds is 10. The van der Waals surface area contributed by atoms with Crippen molar-refractivity contribution in [1.82, 2.24) is 10.2 Å². The predicted molar refractivity (Wildman–Crippen MR) is 144 cm³/mol. The maximum atomic E-state index is 13.8. The van der Waals surface area contributed by atoms with Crippen LogP contribution in [0.15, 0.2) is 54.1 Å². The number of hydrogen-bond donors (Lipinski definition) is 3. The van der Waals surface area contributed by atoms with Crippen molar-refractivity contribution in [2.45, 2.75) is 49.9 Å². The lowest BCUT2D eigenvalue weighted by Crippen LogP contribution is -2.57. The fourth-order valence-electron chi connectivity index (χ4n) is 5.81. The van der Waals surface area contributed by atoms with Crippen LogP contribution in [-0.2, 0) is 16.0 Å². The normalized spacial score (nSPS) is 23.4. The summed E-state index contributed by atoms with van der Waals surface area (Å²) in [6.07, 6.45) is 3.03. The minimum absolute atomic E-state index is 0.0347. The van der Waals surface area contributed by atoms with E-state index in [1.807, 2.05) is 42.5 Å². The first-order valence-electron chi connectivity index (χ1n) is 13.5. The highest BCUT2D eigenvalue weighted by atomic mass is 16.5. The number of aliphatic hydroxyl groups excluding tert-OH is 2. The molecule has 2 amide bonds. The van der Waals surface area contributed by atoms with Gasteiger partial charge < -0.3 is 34.6 Å². The number of ether oxygens (including phenoxy) is 3. The van der Waals surface area contributed by atoms with Gasteiger partial charge in [-0.15, -0.1) is 0 Å². The Morgan fingerprint density at radius 2 is 1.92 bits per heavy atom. The van der Waals surface area contributed by atoms with E-state index in [0.717, 1.165) is 30.4 Å². The molecule has 208 valence electrons. The van der Waals surface area contributed by atoms with Gasteiger partial charge >= 0.3 is 0 Å². The average molecular weight is 537 g/mol. The third-order valence-electron chi connectivity index (χ3n) is 8.08. The Balaban J connectivity index is 1.51. The van der Waals surface area contributed by atoms with Crippen molar-refractivity contribution < 1.29 is 34.0 Å². The molecular formula is C30H36N2O7. The average Bonchev–Trinajstić information content (AvgIpc) is 3.32. The van der Waals surface area contributed by atoms with E-state index in [1.54, 1.807) is 25.2 Å². The molecule has 3 N–H and O–H groups in total. The summed E-state index contributed by atoms with van der Waals surface area (Å²) < 4.78 is 17.1. The quantitative estimate of drug-likeness (QED) is 0.426. The zero-order chi connectivity index (χ0) is 27.5. The number of carbonyl (C=O) groups is 2. The minimum atomic E-state index is -1.05. The maximum absolute atomic E-state index is 13.8. The van der Waals surface area contributed by atoms with Gasteiger partial charge in [-0.1, -0.05) is 24.6 Å². The second-order valence-electron chi connectivity index (χ2n) is 10.3. The molecule has 0 saturated heterocycles. The molecule has 9 nitrogen and oxygen atoms in total. The van der Waals surface area contributed by atoms with Crippen molar-refractivity contribution in [3.8, 4) is 17.2 Å². The Labute approximate surface area is 228 Å². The maximum Gasteiger partial charge on any atom is 0.247 e. The van der Waals surface area contributed by atoms with Gasteiger partial charge in [0.15, 0.2) is 0 Å². The number of aliphatic hydroxyl groups is 2. The zero-order valence-electron chi connectivity index (χ0n) is 22.3. The molecule has 1 fully saturated rings. The molecular weight excluding hydrogens is 500 g/mol. The summed E-state index contributed by atoms with van der Waals surface area (Å²) in [5.41, 5.74) is 2.13. The highest BCUT2D eigenvalue weighted by Crippen LogP contribution is 2.47. The lowest BCUT2D eigenvalue weighted by atomic mass is 9.76. The van der Waals surface area contributed by atoms with Gasteiger partial charge in [-0.05, 0) is 55.2 Å². The van der Waals surface area contributed by atoms with Gasteiger partial charge in [0.25, 0.3) is 0 Å². The molecule has 9 heteroatoms. The van der Waals surface area contributed by atoms with E-state index >= 15 is 0 Å². The molecule has 2 aliphatic carbocycles. The van der Waals surface area contributed by atoms with Crippen molar-refractivity contribution in [3.05, 3.63) is 65.2 Å². The highest BCUT2D eigenvalue weighted by molar-refractivity contribution is 5.96. The molecule has 2 aromatic carbocycles. The third kappa shape index (κ3) is 5.21. The van der Waals surface area contributed by atoms with Crippen molar-refractivity contribution in [1.29, 1.82) is 0 Å². The van der Waals surface area contributed by atoms with Gasteiger partial charge in [0.2, 0.25) is 11.8 Å². The number of nitrogens with zero attached hydrogens (tertiary/aromatic N) is 1. The van der Waals surface area contributed by atoms with Crippen LogP contribution in [0.4, 0.5) is 0 Å². The summed E-state index contributed by atoms with van der Waals surface area (Å²) >= 11 is 0. The summed E-state index contributed by atoms with van der Waals surface area (Å²) in [6, 6.07) is 12.2. The first kappa shape index (κ1) is 27.0. The minimum Gasteiger partial charge on any atom is -0.497 e. The van der Waals surface area contributed by atoms with Crippen LogP contribution in [0.3, 0.4) is 0 Å². The topological polar surface area (TPSA) is 118 Å². The number of fused-ring (bicyclic) bond motifs is 3. The summed E-state index contributed by atoms with van der Waals surface area (Å²) in [5, 5.41) is 23.7. The number of hydrogen-bond acceptors (Lipinski definition) is 7. The fraction of sp³-hybridized carbons (Fsp3) is 0.467. The van der Waals surface area contributed by atoms with Crippen LogP contribution in [0.25, 0.3) is 0 Å². The molecule has 0 bridgehead atoms. The van der Waals surface area contributed by atoms with Gasteiger partial charge in [-0.25, -0.2) is 0 Å². The molecule has 1 heterocycles. The lowest BCUT2D eigenvalue weighted by Gasteiger charge is -2.43. The Morgan fingerprint density at radius 3 is 2.62 bits per heavy atom. The van der Waals surface area contributed by atoms with Gasteiger partial charge in [-0.3, -0.25) is 9.59 Å². The fourth-order valence-corrected chi connectivity index (χ4v) is 5.81. The molecule has 5 rings (SSSR count). The number of methoxy groups -OCH3 is 2. The largest absolute Gasteiger partial charge is 0.497 e. The van der Waals surface area contributed by atoms with Gasteiger partial charge in [0, 0.05) is 30.1 Å². The van der Waals surface area contributed by atoms with E-state index in [1.165, 1.54) is 0 Å². The smallest absolute Gasteiger partial charge is 0.247 e. The van der Waals surface area contributed by atoms with Crippen LogP contribution in [0.5, 0.6) is 17.2 Å². The number of para-hydroxylation sites is 1. The van der Waals surface area contributed by atoms with Crippen LogP contribution < -0.4 is 19.5 Å². The van der Waals surface area contributed by atoms with Crippen molar-refractivity contribution in [2.75, 3.05) is 33.9 Å². The summed E-state index contributed by atoms with van der Waals surface area (Å²) in [4.78, 5) is 28.8. The molecule has 0 radical (unpaired) electrons. The van der Waals surface area contributed by atoms with E-state index < -0.39 is 24.2 Å². The van der Waals surface area contributed by atoms with Crippen molar-refractivity contribution in [3.63, 3.8) is 0 Å². The van der Waals surface area contributed by atoms with Crippen LogP contribution >= 0.6 is 0 Å². The van der Waals surface area contributed by atoms with E-state index in [-0.39, 0.29) is 30.9 Å². The highest BCUT2D eigenvalue weighted by Gasteiger charge is 2.51. The van der Waals surface area contributed by atoms with Crippen LogP contribution in [-0.4, -0.2) is 79.1 Å². The Morgan fingerprint density at radius 1 is 1.13 bits per heavy atom. The molecule has 1 aliphatic heterocycles. The lowest BCUT2D eigenvalue weighted by molar-refractivity contribution is -0.144. The van der Waals surface area contributed by atoms with Crippen LogP contribution in [0, 0.1) is 5.92 Å². The second-order valence-corrected chi connectivity index (χ2v) is 10.3. The van der Waals surface area contributed by atoms with Gasteiger partial charge in [-0.2, -0.15) is 0 Å². The predicted octanol–water partition coefficient (Wildman–Crippen LogP) is 2.20.